The topological polar surface area (TPSA) is 49.8 Å². The highest BCUT2D eigenvalue weighted by molar-refractivity contribution is 6.36. The maximum absolute atomic E-state index is 10.7. The fraction of sp³-hybridized carbons (Fsp3) is 0.731. The lowest BCUT2D eigenvalue weighted by Crippen LogP contribution is -2.27. The number of carboxylic acids is 1. The molecule has 0 saturated heterocycles. The van der Waals surface area contributed by atoms with E-state index < -0.39 is 5.97 Å². The first kappa shape index (κ1) is 31.0. The van der Waals surface area contributed by atoms with Gasteiger partial charge < -0.3 is 14.7 Å². The zero-order valence-electron chi connectivity index (χ0n) is 20.7. The van der Waals surface area contributed by atoms with E-state index in [4.69, 9.17) is 33.0 Å². The van der Waals surface area contributed by atoms with Gasteiger partial charge in [-0.1, -0.05) is 102 Å². The summed E-state index contributed by atoms with van der Waals surface area (Å²) in [7, 11) is 1.34. The van der Waals surface area contributed by atoms with Crippen molar-refractivity contribution in [3.63, 3.8) is 0 Å². The van der Waals surface area contributed by atoms with E-state index in [2.05, 4.69) is 25.7 Å². The molecule has 0 radical (unpaired) electrons. The number of aromatic carboxylic acids is 1. The molecule has 4 nitrogen and oxygen atoms in total. The van der Waals surface area contributed by atoms with E-state index in [-0.39, 0.29) is 21.4 Å². The van der Waals surface area contributed by atoms with Crippen molar-refractivity contribution >= 4 is 29.2 Å². The lowest BCUT2D eigenvalue weighted by molar-refractivity contribution is 0.0693. The first-order valence-electron chi connectivity index (χ1n) is 12.4. The first-order valence-corrected chi connectivity index (χ1v) is 13.2. The van der Waals surface area contributed by atoms with Crippen LogP contribution in [0, 0.1) is 0 Å². The number of carbonyl (C=O) groups is 1. The van der Waals surface area contributed by atoms with E-state index >= 15 is 0 Å². The lowest BCUT2D eigenvalue weighted by atomic mass is 10.1. The number of methoxy groups -OCH3 is 1. The molecule has 1 aromatic rings. The van der Waals surface area contributed by atoms with Gasteiger partial charge in [-0.3, -0.25) is 0 Å². The van der Waals surface area contributed by atoms with Gasteiger partial charge in [-0.15, -0.1) is 0 Å². The maximum atomic E-state index is 10.7. The Bertz CT molecular complexity index is 582. The molecule has 0 bridgehead atoms. The number of benzene rings is 1. The third-order valence-electron chi connectivity index (χ3n) is 5.46. The van der Waals surface area contributed by atoms with E-state index in [9.17, 15) is 4.79 Å². The summed E-state index contributed by atoms with van der Waals surface area (Å²) in [6.45, 7) is 10.9. The summed E-state index contributed by atoms with van der Waals surface area (Å²) in [5.74, 6) is -1.08. The van der Waals surface area contributed by atoms with Crippen LogP contribution in [0.2, 0.25) is 10.0 Å². The summed E-state index contributed by atoms with van der Waals surface area (Å²) in [6, 6.07) is 2.89. The Morgan fingerprint density at radius 2 is 1.19 bits per heavy atom. The molecule has 0 fully saturated rings. The third-order valence-corrected chi connectivity index (χ3v) is 6.07. The smallest absolute Gasteiger partial charge is 0.341 e. The van der Waals surface area contributed by atoms with Crippen molar-refractivity contribution in [1.82, 2.24) is 4.90 Å². The Kier molecular flexibility index (Phi) is 20.0. The predicted molar refractivity (Wildman–Crippen MR) is 139 cm³/mol. The molecule has 1 aromatic carbocycles. The molecule has 0 spiro atoms. The third kappa shape index (κ3) is 14.2. The van der Waals surface area contributed by atoms with Crippen molar-refractivity contribution in [3.8, 4) is 5.75 Å². The monoisotopic (exact) mass is 489 g/mol. The average Bonchev–Trinajstić information content (AvgIpc) is 2.78. The van der Waals surface area contributed by atoms with Gasteiger partial charge in [0.25, 0.3) is 0 Å². The molecule has 0 heterocycles. The van der Waals surface area contributed by atoms with Gasteiger partial charge in [-0.2, -0.15) is 0 Å². The van der Waals surface area contributed by atoms with E-state index in [1.54, 1.807) is 0 Å². The van der Waals surface area contributed by atoms with Crippen molar-refractivity contribution in [1.29, 1.82) is 0 Å². The quantitative estimate of drug-likeness (QED) is 0.222. The summed E-state index contributed by atoms with van der Waals surface area (Å²) >= 11 is 11.4. The van der Waals surface area contributed by atoms with Crippen molar-refractivity contribution < 1.29 is 14.6 Å². The van der Waals surface area contributed by atoms with Gasteiger partial charge in [0.2, 0.25) is 0 Å². The standard InChI is InChI=1S/C18H39N.C8H6Cl2O3/c1-4-7-10-13-16-19(17-14-11-8-5-2)18-15-12-9-6-3;1-13-7-5(10)3-2-4(9)6(7)8(11)12/h4-18H2,1-3H3;2-3H,1H3,(H,11,12). The van der Waals surface area contributed by atoms with Crippen molar-refractivity contribution in [2.24, 2.45) is 0 Å². The second kappa shape index (κ2) is 20.6. The minimum atomic E-state index is -1.16. The summed E-state index contributed by atoms with van der Waals surface area (Å²) in [6.07, 6.45) is 16.8. The number of rotatable bonds is 17. The Morgan fingerprint density at radius 3 is 1.50 bits per heavy atom. The van der Waals surface area contributed by atoms with E-state index in [1.807, 2.05) is 0 Å². The van der Waals surface area contributed by atoms with Crippen molar-refractivity contribution in [2.75, 3.05) is 26.7 Å². The number of carboxylic acid groups (broad SMARTS) is 1. The normalized spacial score (nSPS) is 10.7. The molecule has 1 rings (SSSR count). The summed E-state index contributed by atoms with van der Waals surface area (Å²) in [5, 5.41) is 9.11. The molecule has 0 aliphatic carbocycles. The van der Waals surface area contributed by atoms with Crippen molar-refractivity contribution in [3.05, 3.63) is 27.7 Å². The molecule has 6 heteroatoms. The van der Waals surface area contributed by atoms with Crippen LogP contribution in [-0.2, 0) is 0 Å². The van der Waals surface area contributed by atoms with Crippen LogP contribution >= 0.6 is 23.2 Å². The van der Waals surface area contributed by atoms with Crippen LogP contribution in [-0.4, -0.2) is 42.7 Å². The Labute approximate surface area is 206 Å². The second-order valence-electron chi connectivity index (χ2n) is 8.27. The van der Waals surface area contributed by atoms with Gasteiger partial charge in [0.1, 0.15) is 5.56 Å². The van der Waals surface area contributed by atoms with E-state index in [0.29, 0.717) is 0 Å². The fourth-order valence-electron chi connectivity index (χ4n) is 3.55. The van der Waals surface area contributed by atoms with Crippen LogP contribution < -0.4 is 4.74 Å². The number of nitrogens with zero attached hydrogens (tertiary/aromatic N) is 1. The van der Waals surface area contributed by atoms with Gasteiger partial charge in [0, 0.05) is 0 Å². The van der Waals surface area contributed by atoms with E-state index in [1.165, 1.54) is 116 Å². The molecule has 0 atom stereocenters. The number of unbranched alkanes of at least 4 members (excludes halogenated alkanes) is 9. The van der Waals surface area contributed by atoms with Gasteiger partial charge in [0.05, 0.1) is 17.2 Å². The average molecular weight is 491 g/mol. The van der Waals surface area contributed by atoms with Gasteiger partial charge in [-0.25, -0.2) is 4.79 Å². The number of ether oxygens (including phenoxy) is 1. The van der Waals surface area contributed by atoms with Crippen LogP contribution in [0.3, 0.4) is 0 Å². The molecular weight excluding hydrogens is 445 g/mol. The number of hydrogen-bond donors (Lipinski definition) is 1. The summed E-state index contributed by atoms with van der Waals surface area (Å²) < 4.78 is 4.82. The Morgan fingerprint density at radius 1 is 0.781 bits per heavy atom. The predicted octanol–water partition coefficient (Wildman–Crippen LogP) is 8.73. The zero-order valence-corrected chi connectivity index (χ0v) is 22.2. The van der Waals surface area contributed by atoms with Crippen LogP contribution in [0.4, 0.5) is 0 Å². The SMILES string of the molecule is CCCCCCN(CCCCCC)CCCCCC.COc1c(Cl)ccc(Cl)c1C(=O)O. The molecule has 0 aromatic heterocycles. The Hall–Kier alpha value is -0.970. The van der Waals surface area contributed by atoms with Gasteiger partial charge in [-0.05, 0) is 51.0 Å². The first-order chi connectivity index (χ1) is 15.4. The van der Waals surface area contributed by atoms with Crippen LogP contribution in [0.15, 0.2) is 12.1 Å². The molecule has 0 saturated carbocycles. The van der Waals surface area contributed by atoms with Gasteiger partial charge in [0.15, 0.2) is 5.75 Å². The highest BCUT2D eigenvalue weighted by Crippen LogP contribution is 2.33. The summed E-state index contributed by atoms with van der Waals surface area (Å²) in [4.78, 5) is 13.5. The number of halogens is 2. The Balaban J connectivity index is 0.000000641. The van der Waals surface area contributed by atoms with Gasteiger partial charge >= 0.3 is 5.97 Å². The molecule has 0 amide bonds. The number of hydrogen-bond acceptors (Lipinski definition) is 3. The molecular formula is C26H45Cl2NO3. The van der Waals surface area contributed by atoms with Crippen LogP contribution in [0.1, 0.15) is 108 Å². The van der Waals surface area contributed by atoms with Crippen LogP contribution in [0.5, 0.6) is 5.75 Å². The minimum Gasteiger partial charge on any atom is -0.494 e. The molecule has 0 aliphatic heterocycles. The molecule has 0 aliphatic rings. The fourth-order valence-corrected chi connectivity index (χ4v) is 4.02. The minimum absolute atomic E-state index is 0.0849. The van der Waals surface area contributed by atoms with Crippen molar-refractivity contribution in [2.45, 2.75) is 97.8 Å². The maximum Gasteiger partial charge on any atom is 0.341 e. The highest BCUT2D eigenvalue weighted by atomic mass is 35.5. The zero-order chi connectivity index (χ0) is 24.2. The summed E-state index contributed by atoms with van der Waals surface area (Å²) in [5.41, 5.74) is -0.114. The molecule has 1 N–H and O–H groups in total. The lowest BCUT2D eigenvalue weighted by Gasteiger charge is -2.22. The molecule has 32 heavy (non-hydrogen) atoms. The highest BCUT2D eigenvalue weighted by Gasteiger charge is 2.18. The second-order valence-corrected chi connectivity index (χ2v) is 9.08. The van der Waals surface area contributed by atoms with E-state index in [0.717, 1.165) is 0 Å². The molecule has 0 unspecified atom stereocenters. The largest absolute Gasteiger partial charge is 0.494 e. The molecule has 186 valence electrons. The van der Waals surface area contributed by atoms with Crippen LogP contribution in [0.25, 0.3) is 0 Å².